The SMILES string of the molecule is CCCN(CC(=O)OCC)c1ccc([N+](=O)[O-])c(C#N)c1. The summed E-state index contributed by atoms with van der Waals surface area (Å²) >= 11 is 0. The molecule has 0 atom stereocenters. The van der Waals surface area contributed by atoms with E-state index in [1.807, 2.05) is 13.0 Å². The Balaban J connectivity index is 3.06. The summed E-state index contributed by atoms with van der Waals surface area (Å²) in [6.45, 7) is 4.60. The molecule has 0 aromatic heterocycles. The van der Waals surface area contributed by atoms with Crippen molar-refractivity contribution in [3.8, 4) is 6.07 Å². The van der Waals surface area contributed by atoms with Crippen LogP contribution >= 0.6 is 0 Å². The van der Waals surface area contributed by atoms with E-state index in [1.54, 1.807) is 11.8 Å². The monoisotopic (exact) mass is 291 g/mol. The number of nitriles is 1. The van der Waals surface area contributed by atoms with Crippen molar-refractivity contribution in [1.82, 2.24) is 0 Å². The Labute approximate surface area is 122 Å². The molecule has 21 heavy (non-hydrogen) atoms. The Hall–Kier alpha value is -2.62. The molecule has 0 spiro atoms. The molecule has 0 saturated heterocycles. The normalized spacial score (nSPS) is 9.76. The van der Waals surface area contributed by atoms with Crippen molar-refractivity contribution < 1.29 is 14.5 Å². The van der Waals surface area contributed by atoms with Crippen molar-refractivity contribution in [3.05, 3.63) is 33.9 Å². The molecule has 0 radical (unpaired) electrons. The third-order valence-corrected chi connectivity index (χ3v) is 2.78. The second-order valence-electron chi connectivity index (χ2n) is 4.30. The standard InChI is InChI=1S/C14H17N3O4/c1-3-7-16(10-14(18)21-4-2)12-5-6-13(17(19)20)11(8-12)9-15/h5-6,8H,3-4,7,10H2,1-2H3. The third-order valence-electron chi connectivity index (χ3n) is 2.78. The maximum absolute atomic E-state index is 11.6. The van der Waals surface area contributed by atoms with Gasteiger partial charge in [0.05, 0.1) is 11.5 Å². The van der Waals surface area contributed by atoms with Crippen molar-refractivity contribution in [2.75, 3.05) is 24.6 Å². The van der Waals surface area contributed by atoms with Crippen LogP contribution in [0.1, 0.15) is 25.8 Å². The quantitative estimate of drug-likeness (QED) is 0.434. The van der Waals surface area contributed by atoms with Gasteiger partial charge in [-0.05, 0) is 25.5 Å². The Morgan fingerprint density at radius 1 is 1.48 bits per heavy atom. The average molecular weight is 291 g/mol. The van der Waals surface area contributed by atoms with Crippen LogP contribution in [-0.4, -0.2) is 30.6 Å². The second-order valence-corrected chi connectivity index (χ2v) is 4.30. The Morgan fingerprint density at radius 3 is 2.71 bits per heavy atom. The number of anilines is 1. The molecular weight excluding hydrogens is 274 g/mol. The lowest BCUT2D eigenvalue weighted by Crippen LogP contribution is -2.31. The van der Waals surface area contributed by atoms with Crippen LogP contribution in [-0.2, 0) is 9.53 Å². The first-order chi connectivity index (χ1) is 10.0. The maximum Gasteiger partial charge on any atom is 0.325 e. The number of nitrogens with zero attached hydrogens (tertiary/aromatic N) is 3. The number of rotatable bonds is 7. The fourth-order valence-corrected chi connectivity index (χ4v) is 1.90. The van der Waals surface area contributed by atoms with Gasteiger partial charge in [-0.15, -0.1) is 0 Å². The van der Waals surface area contributed by atoms with E-state index in [-0.39, 0.29) is 23.8 Å². The van der Waals surface area contributed by atoms with Crippen molar-refractivity contribution >= 4 is 17.3 Å². The van der Waals surface area contributed by atoms with Gasteiger partial charge in [0.1, 0.15) is 18.2 Å². The summed E-state index contributed by atoms with van der Waals surface area (Å²) in [5, 5.41) is 19.8. The smallest absolute Gasteiger partial charge is 0.325 e. The lowest BCUT2D eigenvalue weighted by Gasteiger charge is -2.23. The van der Waals surface area contributed by atoms with Gasteiger partial charge < -0.3 is 9.64 Å². The number of esters is 1. The zero-order valence-corrected chi connectivity index (χ0v) is 12.0. The van der Waals surface area contributed by atoms with Crippen LogP contribution in [0.4, 0.5) is 11.4 Å². The van der Waals surface area contributed by atoms with Crippen LogP contribution in [0.2, 0.25) is 0 Å². The Morgan fingerprint density at radius 2 is 2.19 bits per heavy atom. The minimum atomic E-state index is -0.599. The Kier molecular flexibility index (Phi) is 6.14. The van der Waals surface area contributed by atoms with Gasteiger partial charge in [-0.1, -0.05) is 6.92 Å². The van der Waals surface area contributed by atoms with Gasteiger partial charge in [-0.25, -0.2) is 0 Å². The van der Waals surface area contributed by atoms with Gasteiger partial charge in [0.25, 0.3) is 5.69 Å². The predicted octanol–water partition coefficient (Wildman–Crippen LogP) is 2.25. The highest BCUT2D eigenvalue weighted by atomic mass is 16.6. The molecule has 7 heteroatoms. The number of hydrogen-bond donors (Lipinski definition) is 0. The number of benzene rings is 1. The lowest BCUT2D eigenvalue weighted by molar-refractivity contribution is -0.385. The van der Waals surface area contributed by atoms with Crippen LogP contribution in [0.25, 0.3) is 0 Å². The van der Waals surface area contributed by atoms with Gasteiger partial charge in [0.2, 0.25) is 0 Å². The highest BCUT2D eigenvalue weighted by molar-refractivity contribution is 5.76. The summed E-state index contributed by atoms with van der Waals surface area (Å²) in [6.07, 6.45) is 0.790. The molecule has 0 fully saturated rings. The van der Waals surface area contributed by atoms with E-state index >= 15 is 0 Å². The Bertz CT molecular complexity index is 566. The molecule has 0 aliphatic heterocycles. The largest absolute Gasteiger partial charge is 0.465 e. The lowest BCUT2D eigenvalue weighted by atomic mass is 10.1. The molecule has 0 saturated carbocycles. The summed E-state index contributed by atoms with van der Waals surface area (Å²) in [4.78, 5) is 23.6. The van der Waals surface area contributed by atoms with Crippen molar-refractivity contribution in [3.63, 3.8) is 0 Å². The van der Waals surface area contributed by atoms with Gasteiger partial charge in [-0.3, -0.25) is 14.9 Å². The van der Waals surface area contributed by atoms with E-state index < -0.39 is 4.92 Å². The molecule has 1 aromatic carbocycles. The van der Waals surface area contributed by atoms with E-state index in [0.717, 1.165) is 6.42 Å². The first-order valence-corrected chi connectivity index (χ1v) is 6.62. The fourth-order valence-electron chi connectivity index (χ4n) is 1.90. The zero-order valence-electron chi connectivity index (χ0n) is 12.0. The highest BCUT2D eigenvalue weighted by Crippen LogP contribution is 2.24. The number of carbonyl (C=O) groups excluding carboxylic acids is 1. The molecule has 0 N–H and O–H groups in total. The van der Waals surface area contributed by atoms with Crippen LogP contribution in [0.15, 0.2) is 18.2 Å². The molecule has 1 aromatic rings. The van der Waals surface area contributed by atoms with Gasteiger partial charge in [0, 0.05) is 18.3 Å². The molecule has 112 valence electrons. The molecule has 0 unspecified atom stereocenters. The average Bonchev–Trinajstić information content (AvgIpc) is 2.46. The van der Waals surface area contributed by atoms with Crippen LogP contribution in [0.3, 0.4) is 0 Å². The van der Waals surface area contributed by atoms with Crippen LogP contribution < -0.4 is 4.90 Å². The molecule has 1 rings (SSSR count). The van der Waals surface area contributed by atoms with Crippen molar-refractivity contribution in [2.45, 2.75) is 20.3 Å². The summed E-state index contributed by atoms with van der Waals surface area (Å²) < 4.78 is 4.90. The van der Waals surface area contributed by atoms with E-state index in [9.17, 15) is 14.9 Å². The number of ether oxygens (including phenoxy) is 1. The van der Waals surface area contributed by atoms with E-state index in [1.165, 1.54) is 18.2 Å². The van der Waals surface area contributed by atoms with Gasteiger partial charge in [0.15, 0.2) is 0 Å². The first kappa shape index (κ1) is 16.4. The molecule has 0 bridgehead atoms. The predicted molar refractivity (Wildman–Crippen MR) is 76.9 cm³/mol. The highest BCUT2D eigenvalue weighted by Gasteiger charge is 2.18. The minimum absolute atomic E-state index is 0.0255. The second kappa shape index (κ2) is 7.85. The van der Waals surface area contributed by atoms with Gasteiger partial charge >= 0.3 is 5.97 Å². The van der Waals surface area contributed by atoms with Gasteiger partial charge in [-0.2, -0.15) is 5.26 Å². The third kappa shape index (κ3) is 4.45. The number of nitro benzene ring substituents is 1. The first-order valence-electron chi connectivity index (χ1n) is 6.62. The summed E-state index contributed by atoms with van der Waals surface area (Å²) in [7, 11) is 0. The van der Waals surface area contributed by atoms with Crippen molar-refractivity contribution in [1.29, 1.82) is 5.26 Å². The number of carbonyl (C=O) groups is 1. The van der Waals surface area contributed by atoms with Crippen molar-refractivity contribution in [2.24, 2.45) is 0 Å². The minimum Gasteiger partial charge on any atom is -0.465 e. The number of nitro groups is 1. The van der Waals surface area contributed by atoms with E-state index in [4.69, 9.17) is 10.00 Å². The van der Waals surface area contributed by atoms with E-state index in [2.05, 4.69) is 0 Å². The molecule has 0 heterocycles. The zero-order chi connectivity index (χ0) is 15.8. The summed E-state index contributed by atoms with van der Waals surface area (Å²) in [5.41, 5.74) is 0.323. The van der Waals surface area contributed by atoms with Crippen LogP contribution in [0.5, 0.6) is 0 Å². The van der Waals surface area contributed by atoms with E-state index in [0.29, 0.717) is 18.8 Å². The molecule has 7 nitrogen and oxygen atoms in total. The van der Waals surface area contributed by atoms with Crippen LogP contribution in [0, 0.1) is 21.4 Å². The number of hydrogen-bond acceptors (Lipinski definition) is 6. The molecule has 0 aliphatic rings. The maximum atomic E-state index is 11.6. The topological polar surface area (TPSA) is 96.5 Å². The fraction of sp³-hybridized carbons (Fsp3) is 0.429. The molecule has 0 amide bonds. The summed E-state index contributed by atoms with van der Waals surface area (Å²) in [6, 6.07) is 6.05. The molecular formula is C14H17N3O4. The summed E-state index contributed by atoms with van der Waals surface area (Å²) in [5.74, 6) is -0.372. The molecule has 0 aliphatic carbocycles.